The van der Waals surface area contributed by atoms with Crippen molar-refractivity contribution in [1.29, 1.82) is 0 Å². The number of nitrogens with one attached hydrogen (secondary N) is 1. The van der Waals surface area contributed by atoms with Gasteiger partial charge >= 0.3 is 12.1 Å². The molecule has 0 spiro atoms. The molecule has 7 heteroatoms. The van der Waals surface area contributed by atoms with E-state index in [1.807, 2.05) is 0 Å². The molecule has 17 heavy (non-hydrogen) atoms. The predicted molar refractivity (Wildman–Crippen MR) is 60.8 cm³/mol. The van der Waals surface area contributed by atoms with Crippen LogP contribution in [0.1, 0.15) is 20.8 Å². The standard InChI is InChI=1S/C10H18N2O4.H2O/c1-10(2,3)16-9(15)12-5-4-11-7(6-12)8(13)14;/h7,11H,4-6H2,1-3H3,(H,13,14);1H2. The number of nitrogens with zero attached hydrogens (tertiary/aromatic N) is 1. The number of hydrogen-bond donors (Lipinski definition) is 2. The molecule has 4 N–H and O–H groups in total. The van der Waals surface area contributed by atoms with E-state index in [2.05, 4.69) is 5.32 Å². The van der Waals surface area contributed by atoms with E-state index in [1.165, 1.54) is 4.90 Å². The van der Waals surface area contributed by atoms with E-state index in [0.717, 1.165) is 0 Å². The lowest BCUT2D eigenvalue weighted by atomic mass is 10.2. The number of carboxylic acid groups (broad SMARTS) is 1. The minimum atomic E-state index is -0.951. The number of carbonyl (C=O) groups excluding carboxylic acids is 1. The Labute approximate surface area is 100 Å². The molecule has 1 fully saturated rings. The number of hydrogen-bond acceptors (Lipinski definition) is 4. The number of piperazine rings is 1. The topological polar surface area (TPSA) is 110 Å². The largest absolute Gasteiger partial charge is 0.480 e. The summed E-state index contributed by atoms with van der Waals surface area (Å²) >= 11 is 0. The number of ether oxygens (including phenoxy) is 1. The van der Waals surface area contributed by atoms with Gasteiger partial charge < -0.3 is 25.5 Å². The Balaban J connectivity index is 0.00000256. The van der Waals surface area contributed by atoms with E-state index >= 15 is 0 Å². The summed E-state index contributed by atoms with van der Waals surface area (Å²) in [4.78, 5) is 23.8. The Morgan fingerprint density at radius 3 is 2.47 bits per heavy atom. The Morgan fingerprint density at radius 1 is 1.41 bits per heavy atom. The molecule has 0 aliphatic carbocycles. The molecule has 0 aromatic carbocycles. The lowest BCUT2D eigenvalue weighted by Gasteiger charge is -2.33. The van der Waals surface area contributed by atoms with E-state index in [-0.39, 0.29) is 12.0 Å². The van der Waals surface area contributed by atoms with Crippen molar-refractivity contribution in [3.63, 3.8) is 0 Å². The van der Waals surface area contributed by atoms with E-state index in [4.69, 9.17) is 9.84 Å². The van der Waals surface area contributed by atoms with E-state index in [1.54, 1.807) is 20.8 Å². The maximum absolute atomic E-state index is 11.7. The molecule has 1 heterocycles. The Bertz CT molecular complexity index is 287. The maximum Gasteiger partial charge on any atom is 0.410 e. The zero-order valence-electron chi connectivity index (χ0n) is 10.3. The van der Waals surface area contributed by atoms with Crippen LogP contribution in [0.4, 0.5) is 4.79 Å². The predicted octanol–water partition coefficient (Wildman–Crippen LogP) is -0.545. The summed E-state index contributed by atoms with van der Waals surface area (Å²) in [7, 11) is 0. The van der Waals surface area contributed by atoms with Crippen molar-refractivity contribution >= 4 is 12.1 Å². The number of carboxylic acids is 1. The van der Waals surface area contributed by atoms with Crippen LogP contribution in [0.25, 0.3) is 0 Å². The summed E-state index contributed by atoms with van der Waals surface area (Å²) in [5.41, 5.74) is -0.555. The SMILES string of the molecule is CC(C)(C)OC(=O)N1CCNC(C(=O)O)C1.O. The molecule has 1 rings (SSSR count). The van der Waals surface area contributed by atoms with E-state index in [0.29, 0.717) is 13.1 Å². The van der Waals surface area contributed by atoms with Crippen LogP contribution in [-0.4, -0.2) is 58.8 Å². The van der Waals surface area contributed by atoms with Gasteiger partial charge in [-0.15, -0.1) is 0 Å². The summed E-state index contributed by atoms with van der Waals surface area (Å²) in [6.45, 7) is 6.42. The second-order valence-electron chi connectivity index (χ2n) is 4.77. The number of aliphatic carboxylic acids is 1. The van der Waals surface area contributed by atoms with Crippen LogP contribution in [0.2, 0.25) is 0 Å². The second-order valence-corrected chi connectivity index (χ2v) is 4.77. The highest BCUT2D eigenvalue weighted by Gasteiger charge is 2.30. The third-order valence-corrected chi connectivity index (χ3v) is 2.13. The molecular weight excluding hydrogens is 228 g/mol. The third-order valence-electron chi connectivity index (χ3n) is 2.13. The van der Waals surface area contributed by atoms with Crippen LogP contribution < -0.4 is 5.32 Å². The van der Waals surface area contributed by atoms with E-state index in [9.17, 15) is 9.59 Å². The highest BCUT2D eigenvalue weighted by molar-refractivity contribution is 5.76. The molecule has 1 aliphatic rings. The third kappa shape index (κ3) is 5.01. The first-order chi connectivity index (χ1) is 7.29. The molecule has 0 aromatic heterocycles. The zero-order valence-corrected chi connectivity index (χ0v) is 10.3. The summed E-state index contributed by atoms with van der Waals surface area (Å²) in [6, 6.07) is -0.707. The van der Waals surface area contributed by atoms with Crippen molar-refractivity contribution in [1.82, 2.24) is 10.2 Å². The summed E-state index contributed by atoms with van der Waals surface area (Å²) in [6.07, 6.45) is -0.458. The van der Waals surface area contributed by atoms with Crippen LogP contribution in [0.5, 0.6) is 0 Å². The second kappa shape index (κ2) is 5.83. The van der Waals surface area contributed by atoms with Crippen LogP contribution in [0.15, 0.2) is 0 Å². The monoisotopic (exact) mass is 248 g/mol. The first kappa shape index (κ1) is 15.7. The smallest absolute Gasteiger partial charge is 0.410 e. The molecule has 100 valence electrons. The van der Waals surface area contributed by atoms with Crippen molar-refractivity contribution < 1.29 is 24.9 Å². The van der Waals surface area contributed by atoms with Crippen molar-refractivity contribution in [3.8, 4) is 0 Å². The van der Waals surface area contributed by atoms with Gasteiger partial charge in [-0.25, -0.2) is 4.79 Å². The summed E-state index contributed by atoms with van der Waals surface area (Å²) in [5, 5.41) is 11.6. The minimum Gasteiger partial charge on any atom is -0.480 e. The number of carbonyl (C=O) groups is 2. The Morgan fingerprint density at radius 2 is 2.00 bits per heavy atom. The van der Waals surface area contributed by atoms with Crippen molar-refractivity contribution in [2.75, 3.05) is 19.6 Å². The highest BCUT2D eigenvalue weighted by atomic mass is 16.6. The van der Waals surface area contributed by atoms with Gasteiger partial charge in [0.2, 0.25) is 0 Å². The van der Waals surface area contributed by atoms with Crippen molar-refractivity contribution in [2.24, 2.45) is 0 Å². The first-order valence-corrected chi connectivity index (χ1v) is 5.24. The van der Waals surface area contributed by atoms with Crippen LogP contribution in [0.3, 0.4) is 0 Å². The Hall–Kier alpha value is -1.34. The minimum absolute atomic E-state index is 0. The normalized spacial score (nSPS) is 20.4. The van der Waals surface area contributed by atoms with Gasteiger partial charge in [0.25, 0.3) is 0 Å². The van der Waals surface area contributed by atoms with Gasteiger partial charge in [-0.05, 0) is 20.8 Å². The fraction of sp³-hybridized carbons (Fsp3) is 0.800. The van der Waals surface area contributed by atoms with Gasteiger partial charge in [0.15, 0.2) is 0 Å². The Kier molecular flexibility index (Phi) is 5.37. The van der Waals surface area contributed by atoms with Crippen LogP contribution in [0, 0.1) is 0 Å². The zero-order chi connectivity index (χ0) is 12.3. The lowest BCUT2D eigenvalue weighted by molar-refractivity contribution is -0.140. The maximum atomic E-state index is 11.7. The highest BCUT2D eigenvalue weighted by Crippen LogP contribution is 2.11. The quantitative estimate of drug-likeness (QED) is 0.647. The molecule has 0 aromatic rings. The molecule has 1 atom stereocenters. The average molecular weight is 248 g/mol. The van der Waals surface area contributed by atoms with Crippen LogP contribution >= 0.6 is 0 Å². The number of rotatable bonds is 1. The molecule has 0 bridgehead atoms. The van der Waals surface area contributed by atoms with Crippen molar-refractivity contribution in [2.45, 2.75) is 32.4 Å². The molecule has 0 saturated carbocycles. The van der Waals surface area contributed by atoms with Gasteiger partial charge in [0.05, 0.1) is 6.54 Å². The molecule has 1 amide bonds. The number of amides is 1. The van der Waals surface area contributed by atoms with Gasteiger partial charge in [-0.1, -0.05) is 0 Å². The summed E-state index contributed by atoms with van der Waals surface area (Å²) < 4.78 is 5.17. The molecule has 0 radical (unpaired) electrons. The molecule has 1 saturated heterocycles. The van der Waals surface area contributed by atoms with Gasteiger partial charge in [0, 0.05) is 13.1 Å². The van der Waals surface area contributed by atoms with Gasteiger partial charge in [0.1, 0.15) is 11.6 Å². The fourth-order valence-electron chi connectivity index (χ4n) is 1.41. The van der Waals surface area contributed by atoms with Gasteiger partial charge in [-0.2, -0.15) is 0 Å². The van der Waals surface area contributed by atoms with Crippen molar-refractivity contribution in [3.05, 3.63) is 0 Å². The molecular formula is C10H20N2O5. The fourth-order valence-corrected chi connectivity index (χ4v) is 1.41. The van der Waals surface area contributed by atoms with Gasteiger partial charge in [-0.3, -0.25) is 4.79 Å². The molecule has 7 nitrogen and oxygen atoms in total. The average Bonchev–Trinajstić information content (AvgIpc) is 2.15. The molecule has 1 unspecified atom stereocenters. The summed E-state index contributed by atoms with van der Waals surface area (Å²) in [5.74, 6) is -0.951. The van der Waals surface area contributed by atoms with E-state index < -0.39 is 23.7 Å². The van der Waals surface area contributed by atoms with Crippen LogP contribution in [-0.2, 0) is 9.53 Å². The lowest BCUT2D eigenvalue weighted by Crippen LogP contribution is -2.56. The molecule has 1 aliphatic heterocycles. The first-order valence-electron chi connectivity index (χ1n) is 5.24.